The van der Waals surface area contributed by atoms with Crippen molar-refractivity contribution in [1.29, 1.82) is 0 Å². The summed E-state index contributed by atoms with van der Waals surface area (Å²) in [5.74, 6) is -0.564. The molecule has 0 spiro atoms. The third-order valence-corrected chi connectivity index (χ3v) is 6.52. The van der Waals surface area contributed by atoms with Gasteiger partial charge in [-0.05, 0) is 47.2 Å². The maximum absolute atomic E-state index is 13.3. The number of amides is 2. The molecule has 1 N–H and O–H groups in total. The molecule has 0 saturated heterocycles. The van der Waals surface area contributed by atoms with Crippen LogP contribution in [-0.2, 0) is 11.2 Å². The number of carbonyl (C=O) groups excluding carboxylic acids is 2. The summed E-state index contributed by atoms with van der Waals surface area (Å²) in [4.78, 5) is 28.9. The molecule has 1 aliphatic rings. The summed E-state index contributed by atoms with van der Waals surface area (Å²) in [7, 11) is 1.77. The number of benzene rings is 2. The first kappa shape index (κ1) is 19.7. The highest BCUT2D eigenvalue weighted by Gasteiger charge is 2.42. The largest absolute Gasteiger partial charge is 0.355 e. The van der Waals surface area contributed by atoms with Gasteiger partial charge in [-0.15, -0.1) is 11.3 Å². The van der Waals surface area contributed by atoms with Gasteiger partial charge in [0.1, 0.15) is 0 Å². The number of hydrogen-bond donors (Lipinski definition) is 1. The van der Waals surface area contributed by atoms with Crippen LogP contribution in [0.5, 0.6) is 0 Å². The molecular formula is C23H21ClN2O2S. The Hall–Kier alpha value is -2.63. The molecule has 0 bridgehead atoms. The summed E-state index contributed by atoms with van der Waals surface area (Å²) in [5, 5.41) is 5.75. The molecule has 1 aromatic heterocycles. The lowest BCUT2D eigenvalue weighted by molar-refractivity contribution is -0.124. The molecule has 2 atom stereocenters. The Bertz CT molecular complexity index is 1020. The van der Waals surface area contributed by atoms with E-state index >= 15 is 0 Å². The van der Waals surface area contributed by atoms with Gasteiger partial charge >= 0.3 is 0 Å². The number of fused-ring (bicyclic) bond motifs is 1. The normalized spacial score (nSPS) is 18.4. The Morgan fingerprint density at radius 2 is 1.86 bits per heavy atom. The van der Waals surface area contributed by atoms with Crippen molar-refractivity contribution in [1.82, 2.24) is 10.2 Å². The first-order valence-corrected chi connectivity index (χ1v) is 10.7. The molecule has 0 aliphatic carbocycles. The van der Waals surface area contributed by atoms with Crippen LogP contribution in [0.1, 0.15) is 38.3 Å². The lowest BCUT2D eigenvalue weighted by Crippen LogP contribution is -2.45. The van der Waals surface area contributed by atoms with Crippen molar-refractivity contribution in [2.24, 2.45) is 0 Å². The fraction of sp³-hybridized carbons (Fsp3) is 0.217. The van der Waals surface area contributed by atoms with Crippen molar-refractivity contribution in [3.05, 3.63) is 92.6 Å². The van der Waals surface area contributed by atoms with Crippen molar-refractivity contribution in [2.75, 3.05) is 13.6 Å². The van der Waals surface area contributed by atoms with E-state index in [1.165, 1.54) is 0 Å². The zero-order valence-electron chi connectivity index (χ0n) is 16.0. The molecule has 6 heteroatoms. The zero-order valence-corrected chi connectivity index (χ0v) is 17.5. The molecule has 29 heavy (non-hydrogen) atoms. The first-order chi connectivity index (χ1) is 14.1. The quantitative estimate of drug-likeness (QED) is 0.647. The summed E-state index contributed by atoms with van der Waals surface area (Å²) in [5.41, 5.74) is 2.50. The van der Waals surface area contributed by atoms with E-state index in [2.05, 4.69) is 5.32 Å². The molecule has 4 rings (SSSR count). The molecular weight excluding hydrogens is 404 g/mol. The van der Waals surface area contributed by atoms with Gasteiger partial charge in [0, 0.05) is 29.1 Å². The smallest absolute Gasteiger partial charge is 0.254 e. The number of thiophene rings is 1. The molecule has 3 aromatic rings. The van der Waals surface area contributed by atoms with E-state index in [-0.39, 0.29) is 17.9 Å². The average Bonchev–Trinajstić information content (AvgIpc) is 3.26. The van der Waals surface area contributed by atoms with Gasteiger partial charge in [0.15, 0.2) is 0 Å². The Morgan fingerprint density at radius 3 is 2.59 bits per heavy atom. The van der Waals surface area contributed by atoms with E-state index in [0.29, 0.717) is 17.1 Å². The lowest BCUT2D eigenvalue weighted by atomic mass is 9.81. The number of nitrogens with one attached hydrogen (secondary N) is 1. The number of carbonyl (C=O) groups is 2. The van der Waals surface area contributed by atoms with Crippen molar-refractivity contribution in [3.8, 4) is 0 Å². The fourth-order valence-corrected chi connectivity index (χ4v) is 4.89. The zero-order chi connectivity index (χ0) is 20.4. The minimum Gasteiger partial charge on any atom is -0.355 e. The Balaban J connectivity index is 1.59. The summed E-state index contributed by atoms with van der Waals surface area (Å²) in [6, 6.07) is 18.7. The standard InChI is InChI=1S/C23H21ClN2O2S/c1-26-21(19-7-4-14-29-19)20(17-5-2-3-6-18(17)23(26)28)22(27)25-13-12-15-8-10-16(24)11-9-15/h2-11,14,20-21H,12-13H2,1H3,(H,25,27)/t20-,21+/m0/s1. The van der Waals surface area contributed by atoms with Crippen molar-refractivity contribution in [3.63, 3.8) is 0 Å². The van der Waals surface area contributed by atoms with Gasteiger partial charge in [-0.1, -0.05) is 48.0 Å². The predicted octanol–water partition coefficient (Wildman–Crippen LogP) is 4.67. The first-order valence-electron chi connectivity index (χ1n) is 9.48. The second kappa shape index (κ2) is 8.39. The third kappa shape index (κ3) is 3.93. The second-order valence-electron chi connectivity index (χ2n) is 7.11. The van der Waals surface area contributed by atoms with Gasteiger partial charge in [0.2, 0.25) is 5.91 Å². The van der Waals surface area contributed by atoms with E-state index in [0.717, 1.165) is 22.4 Å². The van der Waals surface area contributed by atoms with Crippen molar-refractivity contribution >= 4 is 34.8 Å². The fourth-order valence-electron chi connectivity index (χ4n) is 3.86. The maximum Gasteiger partial charge on any atom is 0.254 e. The number of rotatable bonds is 5. The summed E-state index contributed by atoms with van der Waals surface area (Å²) in [6.45, 7) is 0.522. The SMILES string of the molecule is CN1C(=O)c2ccccc2[C@H](C(=O)NCCc2ccc(Cl)cc2)[C@H]1c1cccs1. The number of hydrogen-bond acceptors (Lipinski definition) is 3. The Morgan fingerprint density at radius 1 is 1.10 bits per heavy atom. The molecule has 2 amide bonds. The Kier molecular flexibility index (Phi) is 5.69. The van der Waals surface area contributed by atoms with Gasteiger partial charge in [0.25, 0.3) is 5.91 Å². The molecule has 0 saturated carbocycles. The van der Waals surface area contributed by atoms with Crippen LogP contribution >= 0.6 is 22.9 Å². The number of halogens is 1. The van der Waals surface area contributed by atoms with E-state index in [4.69, 9.17) is 11.6 Å². The monoisotopic (exact) mass is 424 g/mol. The van der Waals surface area contributed by atoms with Crippen LogP contribution in [0.2, 0.25) is 5.02 Å². The molecule has 2 aromatic carbocycles. The average molecular weight is 425 g/mol. The van der Waals surface area contributed by atoms with Gasteiger partial charge < -0.3 is 10.2 Å². The van der Waals surface area contributed by atoms with E-state index in [9.17, 15) is 9.59 Å². The third-order valence-electron chi connectivity index (χ3n) is 5.32. The summed E-state index contributed by atoms with van der Waals surface area (Å²) in [6.07, 6.45) is 0.718. The van der Waals surface area contributed by atoms with Gasteiger partial charge in [-0.25, -0.2) is 0 Å². The predicted molar refractivity (Wildman–Crippen MR) is 117 cm³/mol. The van der Waals surface area contributed by atoms with Crippen LogP contribution in [0.25, 0.3) is 0 Å². The van der Waals surface area contributed by atoms with Crippen molar-refractivity contribution < 1.29 is 9.59 Å². The van der Waals surface area contributed by atoms with Crippen LogP contribution in [0.4, 0.5) is 0 Å². The van der Waals surface area contributed by atoms with Gasteiger partial charge in [-0.2, -0.15) is 0 Å². The van der Waals surface area contributed by atoms with Gasteiger partial charge in [-0.3, -0.25) is 9.59 Å². The highest BCUT2D eigenvalue weighted by Crippen LogP contribution is 2.43. The number of nitrogens with zero attached hydrogens (tertiary/aromatic N) is 1. The molecule has 148 valence electrons. The van der Waals surface area contributed by atoms with Crippen LogP contribution in [0, 0.1) is 0 Å². The maximum atomic E-state index is 13.3. The number of likely N-dealkylation sites (N-methyl/N-ethyl adjacent to an activating group) is 1. The van der Waals surface area contributed by atoms with E-state index in [1.807, 2.05) is 60.0 Å². The minimum atomic E-state index is -0.447. The second-order valence-corrected chi connectivity index (χ2v) is 8.52. The molecule has 0 fully saturated rings. The topological polar surface area (TPSA) is 49.4 Å². The lowest BCUT2D eigenvalue weighted by Gasteiger charge is -2.39. The van der Waals surface area contributed by atoms with Crippen LogP contribution < -0.4 is 5.32 Å². The summed E-state index contributed by atoms with van der Waals surface area (Å²) >= 11 is 7.50. The molecule has 4 nitrogen and oxygen atoms in total. The molecule has 0 unspecified atom stereocenters. The molecule has 2 heterocycles. The highest BCUT2D eigenvalue weighted by atomic mass is 35.5. The van der Waals surface area contributed by atoms with Crippen LogP contribution in [0.15, 0.2) is 66.0 Å². The Labute approximate surface area is 179 Å². The highest BCUT2D eigenvalue weighted by molar-refractivity contribution is 7.10. The molecule has 0 radical (unpaired) electrons. The van der Waals surface area contributed by atoms with Crippen LogP contribution in [0.3, 0.4) is 0 Å². The summed E-state index contributed by atoms with van der Waals surface area (Å²) < 4.78 is 0. The molecule has 1 aliphatic heterocycles. The minimum absolute atomic E-state index is 0.0517. The van der Waals surface area contributed by atoms with Crippen LogP contribution in [-0.4, -0.2) is 30.3 Å². The van der Waals surface area contributed by atoms with Gasteiger partial charge in [0.05, 0.1) is 12.0 Å². The van der Waals surface area contributed by atoms with E-state index in [1.54, 1.807) is 29.4 Å². The van der Waals surface area contributed by atoms with Crippen molar-refractivity contribution in [2.45, 2.75) is 18.4 Å². The van der Waals surface area contributed by atoms with E-state index < -0.39 is 5.92 Å².